The van der Waals surface area contributed by atoms with Gasteiger partial charge in [0.2, 0.25) is 6.29 Å². The summed E-state index contributed by atoms with van der Waals surface area (Å²) in [6, 6.07) is 13.0. The van der Waals surface area contributed by atoms with Crippen LogP contribution in [0.1, 0.15) is 12.5 Å². The smallest absolute Gasteiger partial charge is 0.406 e. The number of hydroxylamine groups is 2. The second kappa shape index (κ2) is 12.4. The molecule has 13 heteroatoms. The number of benzene rings is 2. The summed E-state index contributed by atoms with van der Waals surface area (Å²) in [4.78, 5) is 10.4. The van der Waals surface area contributed by atoms with Crippen LogP contribution >= 0.6 is 0 Å². The number of hydrogen-bond donors (Lipinski definition) is 0. The monoisotopic (exact) mass is 552 g/mol. The summed E-state index contributed by atoms with van der Waals surface area (Å²) in [5, 5.41) is 6.09. The van der Waals surface area contributed by atoms with Crippen molar-refractivity contribution >= 4 is 0 Å². The first-order valence-corrected chi connectivity index (χ1v) is 12.1. The highest BCUT2D eigenvalue weighted by Gasteiger charge is 2.46. The van der Waals surface area contributed by atoms with E-state index in [1.54, 1.807) is 33.4 Å². The van der Waals surface area contributed by atoms with Crippen LogP contribution in [0.5, 0.6) is 5.75 Å². The topological polar surface area (TPSA) is 89.3 Å². The van der Waals surface area contributed by atoms with Crippen molar-refractivity contribution in [2.24, 2.45) is 0 Å². The molecule has 4 rings (SSSR count). The van der Waals surface area contributed by atoms with Crippen LogP contribution in [-0.4, -0.2) is 85.3 Å². The van der Waals surface area contributed by atoms with E-state index in [1.165, 1.54) is 35.3 Å². The van der Waals surface area contributed by atoms with E-state index in [9.17, 15) is 13.2 Å². The molecule has 0 aliphatic carbocycles. The van der Waals surface area contributed by atoms with Crippen molar-refractivity contribution in [1.82, 2.24) is 19.8 Å². The molecule has 1 saturated heterocycles. The molecule has 3 aromatic rings. The van der Waals surface area contributed by atoms with Gasteiger partial charge in [-0.3, -0.25) is 4.84 Å². The molecular formula is C26H31F3N4O6. The van der Waals surface area contributed by atoms with Crippen LogP contribution < -0.4 is 4.74 Å². The fourth-order valence-electron chi connectivity index (χ4n) is 4.45. The van der Waals surface area contributed by atoms with Gasteiger partial charge < -0.3 is 23.7 Å². The van der Waals surface area contributed by atoms with Crippen molar-refractivity contribution in [2.45, 2.75) is 50.5 Å². The minimum absolute atomic E-state index is 0.262. The van der Waals surface area contributed by atoms with Gasteiger partial charge in [0.25, 0.3) is 0 Å². The van der Waals surface area contributed by atoms with Gasteiger partial charge >= 0.3 is 6.36 Å². The molecule has 0 unspecified atom stereocenters. The molecule has 0 bridgehead atoms. The van der Waals surface area contributed by atoms with Gasteiger partial charge in [0.1, 0.15) is 30.4 Å². The van der Waals surface area contributed by atoms with Crippen molar-refractivity contribution in [1.29, 1.82) is 0 Å². The van der Waals surface area contributed by atoms with E-state index >= 15 is 0 Å². The Hall–Kier alpha value is -3.07. The zero-order valence-corrected chi connectivity index (χ0v) is 22.2. The Morgan fingerprint density at radius 1 is 0.923 bits per heavy atom. The fourth-order valence-corrected chi connectivity index (χ4v) is 4.45. The van der Waals surface area contributed by atoms with Crippen LogP contribution in [0.3, 0.4) is 0 Å². The Morgan fingerprint density at radius 2 is 1.56 bits per heavy atom. The molecule has 0 amide bonds. The van der Waals surface area contributed by atoms with Crippen molar-refractivity contribution in [3.05, 3.63) is 60.4 Å². The van der Waals surface area contributed by atoms with Crippen molar-refractivity contribution in [3.63, 3.8) is 0 Å². The number of alkyl halides is 3. The van der Waals surface area contributed by atoms with Crippen LogP contribution in [-0.2, 0) is 30.3 Å². The van der Waals surface area contributed by atoms with E-state index in [4.69, 9.17) is 23.8 Å². The number of nitrogens with zero attached hydrogens (tertiary/aromatic N) is 4. The van der Waals surface area contributed by atoms with Gasteiger partial charge in [-0.05, 0) is 36.8 Å². The zero-order chi connectivity index (χ0) is 28.2. The summed E-state index contributed by atoms with van der Waals surface area (Å²) in [7, 11) is 6.58. The molecule has 0 spiro atoms. The molecule has 1 aromatic heterocycles. The second-order valence-corrected chi connectivity index (χ2v) is 8.95. The summed E-state index contributed by atoms with van der Waals surface area (Å²) >= 11 is 0. The lowest BCUT2D eigenvalue weighted by Crippen LogP contribution is -2.60. The molecule has 1 aliphatic heterocycles. The molecule has 1 aliphatic rings. The molecule has 2 heterocycles. The SMILES string of the molecule is CO[C@@H]1[C@H](OC)[C@H](ON(C)Cc2ccc(-c3ncn(-c4ccc(OC(F)(F)F)cc4)n3)cc2)O[C@@H](C)[C@@H]1OC. The lowest BCUT2D eigenvalue weighted by atomic mass is 9.99. The van der Waals surface area contributed by atoms with Gasteiger partial charge in [0.05, 0.1) is 11.8 Å². The van der Waals surface area contributed by atoms with Crippen LogP contribution in [0.4, 0.5) is 13.2 Å². The average molecular weight is 553 g/mol. The Labute approximate surface area is 224 Å². The fraction of sp³-hybridized carbons (Fsp3) is 0.462. The highest BCUT2D eigenvalue weighted by Crippen LogP contribution is 2.28. The molecule has 5 atom stereocenters. The van der Waals surface area contributed by atoms with Crippen LogP contribution in [0.25, 0.3) is 17.1 Å². The van der Waals surface area contributed by atoms with Crippen LogP contribution in [0.15, 0.2) is 54.9 Å². The van der Waals surface area contributed by atoms with Gasteiger partial charge in [-0.25, -0.2) is 9.67 Å². The minimum atomic E-state index is -4.75. The van der Waals surface area contributed by atoms with Crippen molar-refractivity contribution in [3.8, 4) is 22.8 Å². The summed E-state index contributed by atoms with van der Waals surface area (Å²) in [6.45, 7) is 2.36. The van der Waals surface area contributed by atoms with Gasteiger partial charge in [0, 0.05) is 40.5 Å². The average Bonchev–Trinajstić information content (AvgIpc) is 3.38. The molecule has 0 N–H and O–H groups in total. The Morgan fingerprint density at radius 3 is 2.15 bits per heavy atom. The lowest BCUT2D eigenvalue weighted by Gasteiger charge is -2.44. The third-order valence-corrected chi connectivity index (χ3v) is 6.27. The number of hydrogen-bond acceptors (Lipinski definition) is 9. The maximum absolute atomic E-state index is 12.4. The first kappa shape index (κ1) is 28.9. The van der Waals surface area contributed by atoms with E-state index in [0.717, 1.165) is 11.1 Å². The number of halogens is 3. The maximum atomic E-state index is 12.4. The predicted octanol–water partition coefficient (Wildman–Crippen LogP) is 3.99. The Bertz CT molecular complexity index is 1190. The summed E-state index contributed by atoms with van der Waals surface area (Å²) in [5.41, 5.74) is 2.28. The number of rotatable bonds is 10. The third-order valence-electron chi connectivity index (χ3n) is 6.27. The van der Waals surface area contributed by atoms with E-state index in [0.29, 0.717) is 18.1 Å². The lowest BCUT2D eigenvalue weighted by molar-refractivity contribution is -0.361. The number of methoxy groups -OCH3 is 3. The Balaban J connectivity index is 1.37. The minimum Gasteiger partial charge on any atom is -0.406 e. The summed E-state index contributed by atoms with van der Waals surface area (Å²) in [5.74, 6) is 0.156. The molecule has 1 fully saturated rings. The second-order valence-electron chi connectivity index (χ2n) is 8.95. The van der Waals surface area contributed by atoms with E-state index in [2.05, 4.69) is 14.8 Å². The highest BCUT2D eigenvalue weighted by molar-refractivity contribution is 5.55. The van der Waals surface area contributed by atoms with E-state index in [-0.39, 0.29) is 24.1 Å². The summed E-state index contributed by atoms with van der Waals surface area (Å²) in [6.07, 6.45) is -5.35. The first-order valence-electron chi connectivity index (χ1n) is 12.1. The van der Waals surface area contributed by atoms with Gasteiger partial charge in [-0.2, -0.15) is 5.06 Å². The standard InChI is InChI=1S/C26H31F3N4O6/c1-16-21(34-3)22(35-4)23(36-5)25(37-16)39-32(2)14-17-6-8-18(9-7-17)24-30-15-33(31-24)19-10-12-20(13-11-19)38-26(27,28)29/h6-13,15-16,21-23,25H,14H2,1-5H3/t16-,21-,22-,23-,25-/m0/s1. The van der Waals surface area contributed by atoms with Crippen molar-refractivity contribution in [2.75, 3.05) is 28.4 Å². The van der Waals surface area contributed by atoms with Gasteiger partial charge in [-0.1, -0.05) is 24.3 Å². The highest BCUT2D eigenvalue weighted by atomic mass is 19.4. The number of aromatic nitrogens is 3. The predicted molar refractivity (Wildman–Crippen MR) is 133 cm³/mol. The van der Waals surface area contributed by atoms with Crippen LogP contribution in [0, 0.1) is 0 Å². The first-order chi connectivity index (χ1) is 18.6. The molecular weight excluding hydrogens is 521 g/mol. The van der Waals surface area contributed by atoms with Crippen LogP contribution in [0.2, 0.25) is 0 Å². The maximum Gasteiger partial charge on any atom is 0.573 e. The molecule has 2 aromatic carbocycles. The molecule has 10 nitrogen and oxygen atoms in total. The normalized spacial score (nSPS) is 23.8. The van der Waals surface area contributed by atoms with E-state index < -0.39 is 18.8 Å². The zero-order valence-electron chi connectivity index (χ0n) is 22.2. The Kier molecular flexibility index (Phi) is 9.20. The van der Waals surface area contributed by atoms with Gasteiger partial charge in [0.15, 0.2) is 5.82 Å². The van der Waals surface area contributed by atoms with Crippen molar-refractivity contribution < 1.29 is 41.7 Å². The largest absolute Gasteiger partial charge is 0.573 e. The summed E-state index contributed by atoms with van der Waals surface area (Å²) < 4.78 is 65.3. The molecule has 0 radical (unpaired) electrons. The molecule has 0 saturated carbocycles. The van der Waals surface area contributed by atoms with E-state index in [1.807, 2.05) is 31.2 Å². The quantitative estimate of drug-likeness (QED) is 0.347. The van der Waals surface area contributed by atoms with Gasteiger partial charge in [-0.15, -0.1) is 18.3 Å². The number of ether oxygens (including phenoxy) is 5. The molecule has 39 heavy (non-hydrogen) atoms. The molecule has 212 valence electrons. The third kappa shape index (κ3) is 7.12.